The molecular formula is C13H14O8. The van der Waals surface area contributed by atoms with E-state index in [1.165, 1.54) is 24.3 Å². The second-order valence-electron chi connectivity index (χ2n) is 4.03. The number of carbonyl (C=O) groups is 2. The molecule has 0 aromatic heterocycles. The van der Waals surface area contributed by atoms with Crippen molar-refractivity contribution in [2.75, 3.05) is 6.61 Å². The third kappa shape index (κ3) is 4.79. The average Bonchev–Trinajstić information content (AvgIpc) is 2.44. The van der Waals surface area contributed by atoms with Crippen LogP contribution < -0.4 is 0 Å². The van der Waals surface area contributed by atoms with Crippen molar-refractivity contribution >= 4 is 18.0 Å². The molecule has 8 nitrogen and oxygen atoms in total. The number of rotatable bonds is 6. The second-order valence-corrected chi connectivity index (χ2v) is 4.03. The summed E-state index contributed by atoms with van der Waals surface area (Å²) in [6.07, 6.45) is -1.53. The molecule has 0 aliphatic carbocycles. The van der Waals surface area contributed by atoms with Crippen LogP contribution in [0.25, 0.3) is 6.08 Å². The van der Waals surface area contributed by atoms with Gasteiger partial charge in [0, 0.05) is 6.08 Å². The molecule has 0 heterocycles. The molecule has 1 aromatic rings. The fraction of sp³-hybridized carbons (Fsp3) is 0.231. The first-order chi connectivity index (χ1) is 9.85. The number of hydrogen-bond acceptors (Lipinski definition) is 7. The number of aliphatic hydroxyl groups excluding tert-OH is 2. The van der Waals surface area contributed by atoms with Crippen LogP contribution in [0, 0.1) is 0 Å². The lowest BCUT2D eigenvalue weighted by Crippen LogP contribution is -2.40. The van der Waals surface area contributed by atoms with Gasteiger partial charge in [0.05, 0.1) is 6.61 Å². The highest BCUT2D eigenvalue weighted by Gasteiger charge is 2.29. The van der Waals surface area contributed by atoms with Gasteiger partial charge >= 0.3 is 11.9 Å². The first-order valence-corrected chi connectivity index (χ1v) is 5.77. The molecule has 0 unspecified atom stereocenters. The van der Waals surface area contributed by atoms with Crippen LogP contribution in [-0.4, -0.2) is 56.3 Å². The number of aliphatic carboxylic acids is 1. The number of ether oxygens (including phenoxy) is 1. The van der Waals surface area contributed by atoms with E-state index in [0.29, 0.717) is 5.56 Å². The predicted octanol–water partition coefficient (Wildman–Crippen LogP) is -0.539. The van der Waals surface area contributed by atoms with Crippen LogP contribution in [-0.2, 0) is 14.3 Å². The van der Waals surface area contributed by atoms with Crippen molar-refractivity contribution < 1.29 is 39.9 Å². The molecule has 1 aromatic carbocycles. The minimum absolute atomic E-state index is 0.327. The molecule has 0 spiro atoms. The molecular weight excluding hydrogens is 284 g/mol. The first kappa shape index (κ1) is 16.5. The SMILES string of the molecule is O=C(/C=C/c1ccc(O)c(O)c1)O[C@H](C(=O)O)[C@H](O)CO. The summed E-state index contributed by atoms with van der Waals surface area (Å²) < 4.78 is 4.49. The highest BCUT2D eigenvalue weighted by molar-refractivity contribution is 5.89. The third-order valence-corrected chi connectivity index (χ3v) is 2.43. The van der Waals surface area contributed by atoms with Gasteiger partial charge in [0.25, 0.3) is 0 Å². The van der Waals surface area contributed by atoms with Gasteiger partial charge in [-0.3, -0.25) is 0 Å². The largest absolute Gasteiger partial charge is 0.504 e. The molecule has 21 heavy (non-hydrogen) atoms. The topological polar surface area (TPSA) is 145 Å². The minimum Gasteiger partial charge on any atom is -0.504 e. The Hall–Kier alpha value is -2.58. The Balaban J connectivity index is 2.73. The number of hydrogen-bond donors (Lipinski definition) is 5. The van der Waals surface area contributed by atoms with Crippen LogP contribution in [0.3, 0.4) is 0 Å². The van der Waals surface area contributed by atoms with Crippen LogP contribution in [0.15, 0.2) is 24.3 Å². The van der Waals surface area contributed by atoms with Crippen molar-refractivity contribution in [3.8, 4) is 11.5 Å². The standard InChI is InChI=1S/C13H14O8/c14-6-10(17)12(13(19)20)21-11(18)4-2-7-1-3-8(15)9(16)5-7/h1-5,10,12,14-17H,6H2,(H,19,20)/b4-2+/t10-,12+/m1/s1. The molecule has 0 aliphatic rings. The van der Waals surface area contributed by atoms with Crippen molar-refractivity contribution in [2.45, 2.75) is 12.2 Å². The molecule has 0 amide bonds. The molecule has 0 bridgehead atoms. The average molecular weight is 298 g/mol. The number of carbonyl (C=O) groups excluding carboxylic acids is 1. The van der Waals surface area contributed by atoms with Crippen LogP contribution in [0.5, 0.6) is 11.5 Å². The van der Waals surface area contributed by atoms with E-state index in [1.807, 2.05) is 0 Å². The van der Waals surface area contributed by atoms with Crippen LogP contribution >= 0.6 is 0 Å². The second kappa shape index (κ2) is 7.27. The van der Waals surface area contributed by atoms with E-state index in [2.05, 4.69) is 4.74 Å². The Morgan fingerprint density at radius 1 is 1.24 bits per heavy atom. The maximum Gasteiger partial charge on any atom is 0.347 e. The van der Waals surface area contributed by atoms with Crippen molar-refractivity contribution in [3.63, 3.8) is 0 Å². The van der Waals surface area contributed by atoms with Crippen LogP contribution in [0.1, 0.15) is 5.56 Å². The molecule has 0 aliphatic heterocycles. The molecule has 1 rings (SSSR count). The fourth-order valence-electron chi connectivity index (χ4n) is 1.36. The lowest BCUT2D eigenvalue weighted by atomic mass is 10.2. The van der Waals surface area contributed by atoms with E-state index in [-0.39, 0.29) is 11.5 Å². The van der Waals surface area contributed by atoms with Gasteiger partial charge < -0.3 is 30.3 Å². The van der Waals surface area contributed by atoms with E-state index in [1.54, 1.807) is 0 Å². The van der Waals surface area contributed by atoms with Gasteiger partial charge in [-0.2, -0.15) is 0 Å². The van der Waals surface area contributed by atoms with Gasteiger partial charge in [0.15, 0.2) is 11.5 Å². The monoisotopic (exact) mass is 298 g/mol. The highest BCUT2D eigenvalue weighted by atomic mass is 16.6. The molecule has 0 saturated heterocycles. The van der Waals surface area contributed by atoms with E-state index in [4.69, 9.17) is 15.3 Å². The highest BCUT2D eigenvalue weighted by Crippen LogP contribution is 2.25. The maximum atomic E-state index is 11.4. The van der Waals surface area contributed by atoms with E-state index in [9.17, 15) is 19.8 Å². The van der Waals surface area contributed by atoms with Crippen molar-refractivity contribution in [1.82, 2.24) is 0 Å². The number of benzene rings is 1. The summed E-state index contributed by atoms with van der Waals surface area (Å²) in [5.74, 6) is -3.36. The molecule has 0 fully saturated rings. The number of aliphatic hydroxyl groups is 2. The van der Waals surface area contributed by atoms with Crippen molar-refractivity contribution in [3.05, 3.63) is 29.8 Å². The first-order valence-electron chi connectivity index (χ1n) is 5.77. The Morgan fingerprint density at radius 3 is 2.43 bits per heavy atom. The Kier molecular flexibility index (Phi) is 5.70. The maximum absolute atomic E-state index is 11.4. The van der Waals surface area contributed by atoms with Crippen molar-refractivity contribution in [2.24, 2.45) is 0 Å². The van der Waals surface area contributed by atoms with Crippen LogP contribution in [0.4, 0.5) is 0 Å². The predicted molar refractivity (Wildman–Crippen MR) is 69.4 cm³/mol. The fourth-order valence-corrected chi connectivity index (χ4v) is 1.36. The Bertz CT molecular complexity index is 551. The minimum atomic E-state index is -1.89. The summed E-state index contributed by atoms with van der Waals surface area (Å²) in [5, 5.41) is 45.0. The molecule has 0 radical (unpaired) electrons. The lowest BCUT2D eigenvalue weighted by Gasteiger charge is -2.16. The lowest BCUT2D eigenvalue weighted by molar-refractivity contribution is -0.170. The van der Waals surface area contributed by atoms with Gasteiger partial charge in [0.2, 0.25) is 6.10 Å². The van der Waals surface area contributed by atoms with Gasteiger partial charge in [0.1, 0.15) is 6.10 Å². The number of aromatic hydroxyl groups is 2. The Labute approximate surface area is 119 Å². The summed E-state index contributed by atoms with van der Waals surface area (Å²) in [7, 11) is 0. The van der Waals surface area contributed by atoms with Crippen molar-refractivity contribution in [1.29, 1.82) is 0 Å². The number of phenols is 2. The van der Waals surface area contributed by atoms with Crippen LogP contribution in [0.2, 0.25) is 0 Å². The molecule has 8 heteroatoms. The normalized spacial score (nSPS) is 13.8. The zero-order valence-electron chi connectivity index (χ0n) is 10.7. The zero-order chi connectivity index (χ0) is 16.0. The number of esters is 1. The Morgan fingerprint density at radius 2 is 1.90 bits per heavy atom. The number of carboxylic acids is 1. The summed E-state index contributed by atoms with van der Waals surface area (Å²) in [6, 6.07) is 3.78. The van der Waals surface area contributed by atoms with Gasteiger partial charge in [-0.1, -0.05) is 6.07 Å². The van der Waals surface area contributed by atoms with E-state index < -0.39 is 30.8 Å². The summed E-state index contributed by atoms with van der Waals surface area (Å²) in [5.41, 5.74) is 0.358. The summed E-state index contributed by atoms with van der Waals surface area (Å²) in [4.78, 5) is 22.2. The third-order valence-electron chi connectivity index (χ3n) is 2.43. The molecule has 0 saturated carbocycles. The number of carboxylic acid groups (broad SMARTS) is 1. The molecule has 5 N–H and O–H groups in total. The zero-order valence-corrected chi connectivity index (χ0v) is 10.7. The van der Waals surface area contributed by atoms with E-state index >= 15 is 0 Å². The van der Waals surface area contributed by atoms with Gasteiger partial charge in [-0.15, -0.1) is 0 Å². The smallest absolute Gasteiger partial charge is 0.347 e. The van der Waals surface area contributed by atoms with E-state index in [0.717, 1.165) is 6.08 Å². The summed E-state index contributed by atoms with van der Waals surface area (Å²) >= 11 is 0. The van der Waals surface area contributed by atoms with Gasteiger partial charge in [-0.05, 0) is 23.8 Å². The quantitative estimate of drug-likeness (QED) is 0.267. The van der Waals surface area contributed by atoms with Gasteiger partial charge in [-0.25, -0.2) is 9.59 Å². The number of phenolic OH excluding ortho intramolecular Hbond substituents is 2. The summed E-state index contributed by atoms with van der Waals surface area (Å²) in [6.45, 7) is -0.875. The molecule has 114 valence electrons. The molecule has 2 atom stereocenters.